The molecule has 0 aromatic carbocycles. The standard InChI is InChI=1S/C15H20N2O3S/c1-2-21-13-9-4-3-6-10(13)17-14(18)11-7-5-8-12(16-11)15(19)20/h5,7-8,10,13H,2-4,6,9H2,1H3,(H,17,18)(H,19,20). The van der Waals surface area contributed by atoms with Gasteiger partial charge in [-0.2, -0.15) is 11.8 Å². The van der Waals surface area contributed by atoms with Crippen molar-refractivity contribution in [3.05, 3.63) is 29.6 Å². The summed E-state index contributed by atoms with van der Waals surface area (Å²) < 4.78 is 0. The fourth-order valence-electron chi connectivity index (χ4n) is 2.60. The third kappa shape index (κ3) is 4.20. The second-order valence-electron chi connectivity index (χ2n) is 5.07. The van der Waals surface area contributed by atoms with Gasteiger partial charge in [0.15, 0.2) is 0 Å². The number of hydrogen-bond donors (Lipinski definition) is 2. The van der Waals surface area contributed by atoms with Crippen LogP contribution >= 0.6 is 11.8 Å². The zero-order chi connectivity index (χ0) is 15.2. The molecular formula is C15H20N2O3S. The van der Waals surface area contributed by atoms with Crippen molar-refractivity contribution < 1.29 is 14.7 Å². The van der Waals surface area contributed by atoms with E-state index in [1.807, 2.05) is 11.8 Å². The maximum absolute atomic E-state index is 12.3. The fraction of sp³-hybridized carbons (Fsp3) is 0.533. The molecule has 1 saturated carbocycles. The van der Waals surface area contributed by atoms with Crippen LogP contribution in [-0.4, -0.2) is 39.0 Å². The average molecular weight is 308 g/mol. The molecule has 114 valence electrons. The van der Waals surface area contributed by atoms with Crippen LogP contribution < -0.4 is 5.32 Å². The van der Waals surface area contributed by atoms with E-state index in [9.17, 15) is 9.59 Å². The predicted octanol–water partition coefficient (Wildman–Crippen LogP) is 2.57. The Hall–Kier alpha value is -1.56. The molecule has 2 unspecified atom stereocenters. The molecular weight excluding hydrogens is 288 g/mol. The predicted molar refractivity (Wildman–Crippen MR) is 82.8 cm³/mol. The Bertz CT molecular complexity index is 519. The zero-order valence-electron chi connectivity index (χ0n) is 12.0. The Morgan fingerprint density at radius 2 is 2.05 bits per heavy atom. The summed E-state index contributed by atoms with van der Waals surface area (Å²) in [6, 6.07) is 4.62. The van der Waals surface area contributed by atoms with Gasteiger partial charge in [-0.3, -0.25) is 4.79 Å². The van der Waals surface area contributed by atoms with E-state index < -0.39 is 5.97 Å². The summed E-state index contributed by atoms with van der Waals surface area (Å²) in [4.78, 5) is 27.1. The number of hydrogen-bond acceptors (Lipinski definition) is 4. The van der Waals surface area contributed by atoms with E-state index in [1.54, 1.807) is 12.1 Å². The molecule has 1 aromatic rings. The molecule has 1 aromatic heterocycles. The number of thioether (sulfide) groups is 1. The van der Waals surface area contributed by atoms with Crippen LogP contribution in [0.4, 0.5) is 0 Å². The summed E-state index contributed by atoms with van der Waals surface area (Å²) in [7, 11) is 0. The van der Waals surface area contributed by atoms with Gasteiger partial charge in [0.2, 0.25) is 0 Å². The van der Waals surface area contributed by atoms with Crippen LogP contribution in [0, 0.1) is 0 Å². The molecule has 21 heavy (non-hydrogen) atoms. The largest absolute Gasteiger partial charge is 0.477 e. The van der Waals surface area contributed by atoms with Gasteiger partial charge < -0.3 is 10.4 Å². The first-order chi connectivity index (χ1) is 10.1. The monoisotopic (exact) mass is 308 g/mol. The van der Waals surface area contributed by atoms with Gasteiger partial charge >= 0.3 is 5.97 Å². The normalized spacial score (nSPS) is 21.8. The van der Waals surface area contributed by atoms with E-state index in [2.05, 4.69) is 17.2 Å². The van der Waals surface area contributed by atoms with Crippen LogP contribution in [0.1, 0.15) is 53.6 Å². The molecule has 1 aliphatic carbocycles. The van der Waals surface area contributed by atoms with Crippen molar-refractivity contribution in [2.45, 2.75) is 43.9 Å². The second kappa shape index (κ2) is 7.45. The summed E-state index contributed by atoms with van der Waals surface area (Å²) in [6.45, 7) is 2.12. The Labute approximate surface area is 128 Å². The Balaban J connectivity index is 2.05. The first kappa shape index (κ1) is 15.8. The van der Waals surface area contributed by atoms with Crippen molar-refractivity contribution in [2.75, 3.05) is 5.75 Å². The first-order valence-corrected chi connectivity index (χ1v) is 8.29. The van der Waals surface area contributed by atoms with Gasteiger partial charge in [0, 0.05) is 11.3 Å². The lowest BCUT2D eigenvalue weighted by Gasteiger charge is -2.31. The molecule has 0 saturated heterocycles. The van der Waals surface area contributed by atoms with E-state index in [1.165, 1.54) is 12.5 Å². The number of carboxylic acids is 1. The molecule has 2 N–H and O–H groups in total. The molecule has 0 spiro atoms. The molecule has 1 aliphatic rings. The lowest BCUT2D eigenvalue weighted by atomic mass is 9.94. The number of aromatic nitrogens is 1. The van der Waals surface area contributed by atoms with Gasteiger partial charge in [0.1, 0.15) is 11.4 Å². The number of carboxylic acid groups (broad SMARTS) is 1. The van der Waals surface area contributed by atoms with E-state index in [0.717, 1.165) is 25.0 Å². The van der Waals surface area contributed by atoms with E-state index >= 15 is 0 Å². The number of carbonyl (C=O) groups is 2. The van der Waals surface area contributed by atoms with Crippen LogP contribution in [0.2, 0.25) is 0 Å². The van der Waals surface area contributed by atoms with Gasteiger partial charge in [-0.05, 0) is 30.7 Å². The third-order valence-corrected chi connectivity index (χ3v) is 4.93. The summed E-state index contributed by atoms with van der Waals surface area (Å²) in [5.41, 5.74) is 0.0616. The van der Waals surface area contributed by atoms with Gasteiger partial charge in [-0.25, -0.2) is 9.78 Å². The topological polar surface area (TPSA) is 79.3 Å². The van der Waals surface area contributed by atoms with Gasteiger partial charge in [-0.15, -0.1) is 0 Å². The highest BCUT2D eigenvalue weighted by Crippen LogP contribution is 2.28. The average Bonchev–Trinajstić information content (AvgIpc) is 2.49. The molecule has 1 fully saturated rings. The highest BCUT2D eigenvalue weighted by molar-refractivity contribution is 7.99. The van der Waals surface area contributed by atoms with Crippen LogP contribution in [0.15, 0.2) is 18.2 Å². The second-order valence-corrected chi connectivity index (χ2v) is 6.59. The third-order valence-electron chi connectivity index (χ3n) is 3.60. The summed E-state index contributed by atoms with van der Waals surface area (Å²) in [6.07, 6.45) is 4.42. The fourth-order valence-corrected chi connectivity index (χ4v) is 3.80. The van der Waals surface area contributed by atoms with Crippen LogP contribution in [0.3, 0.4) is 0 Å². The van der Waals surface area contributed by atoms with Crippen molar-refractivity contribution in [1.29, 1.82) is 0 Å². The molecule has 1 heterocycles. The number of carbonyl (C=O) groups excluding carboxylic acids is 1. The Morgan fingerprint density at radius 1 is 1.33 bits per heavy atom. The summed E-state index contributed by atoms with van der Waals surface area (Å²) in [5.74, 6) is -0.377. The van der Waals surface area contributed by atoms with Gasteiger partial charge in [0.25, 0.3) is 5.91 Å². The molecule has 2 atom stereocenters. The SMILES string of the molecule is CCSC1CCCCC1NC(=O)c1cccc(C(=O)O)n1. The lowest BCUT2D eigenvalue weighted by molar-refractivity contribution is 0.0690. The van der Waals surface area contributed by atoms with Crippen molar-refractivity contribution in [2.24, 2.45) is 0 Å². The molecule has 5 nitrogen and oxygen atoms in total. The summed E-state index contributed by atoms with van der Waals surface area (Å²) >= 11 is 1.88. The minimum Gasteiger partial charge on any atom is -0.477 e. The highest BCUT2D eigenvalue weighted by Gasteiger charge is 2.27. The summed E-state index contributed by atoms with van der Waals surface area (Å²) in [5, 5.41) is 12.4. The number of nitrogens with one attached hydrogen (secondary N) is 1. The van der Waals surface area contributed by atoms with Crippen LogP contribution in [-0.2, 0) is 0 Å². The zero-order valence-corrected chi connectivity index (χ0v) is 12.9. The lowest BCUT2D eigenvalue weighted by Crippen LogP contribution is -2.44. The van der Waals surface area contributed by atoms with Crippen molar-refractivity contribution in [3.8, 4) is 0 Å². The molecule has 0 radical (unpaired) electrons. The quantitative estimate of drug-likeness (QED) is 0.874. The molecule has 0 bridgehead atoms. The number of nitrogens with zero attached hydrogens (tertiary/aromatic N) is 1. The number of aromatic carboxylic acids is 1. The maximum Gasteiger partial charge on any atom is 0.354 e. The van der Waals surface area contributed by atoms with Crippen LogP contribution in [0.5, 0.6) is 0 Å². The number of rotatable bonds is 5. The number of pyridine rings is 1. The molecule has 6 heteroatoms. The van der Waals surface area contributed by atoms with Crippen molar-refractivity contribution in [3.63, 3.8) is 0 Å². The van der Waals surface area contributed by atoms with Crippen LogP contribution in [0.25, 0.3) is 0 Å². The van der Waals surface area contributed by atoms with E-state index in [0.29, 0.717) is 5.25 Å². The first-order valence-electron chi connectivity index (χ1n) is 7.24. The molecule has 2 rings (SSSR count). The minimum atomic E-state index is -1.12. The Morgan fingerprint density at radius 3 is 2.76 bits per heavy atom. The van der Waals surface area contributed by atoms with Gasteiger partial charge in [-0.1, -0.05) is 25.8 Å². The maximum atomic E-state index is 12.3. The number of amides is 1. The van der Waals surface area contributed by atoms with Crippen molar-refractivity contribution >= 4 is 23.6 Å². The smallest absolute Gasteiger partial charge is 0.354 e. The van der Waals surface area contributed by atoms with Gasteiger partial charge in [0.05, 0.1) is 0 Å². The highest BCUT2D eigenvalue weighted by atomic mass is 32.2. The molecule has 1 amide bonds. The van der Waals surface area contributed by atoms with Crippen molar-refractivity contribution in [1.82, 2.24) is 10.3 Å². The minimum absolute atomic E-state index is 0.106. The van der Waals surface area contributed by atoms with E-state index in [-0.39, 0.29) is 23.3 Å². The molecule has 0 aliphatic heterocycles. The van der Waals surface area contributed by atoms with E-state index in [4.69, 9.17) is 5.11 Å². The Kier molecular flexibility index (Phi) is 5.61.